The Morgan fingerprint density at radius 2 is 1.88 bits per heavy atom. The van der Waals surface area contributed by atoms with E-state index in [1.165, 1.54) is 16.7 Å². The summed E-state index contributed by atoms with van der Waals surface area (Å²) in [5.74, 6) is 1.01. The lowest BCUT2D eigenvalue weighted by Gasteiger charge is -2.25. The molecule has 0 radical (unpaired) electrons. The number of benzene rings is 1. The number of nitrogens with two attached hydrogens (primary N) is 1. The molecule has 1 aromatic rings. The molecule has 0 bridgehead atoms. The van der Waals surface area contributed by atoms with E-state index in [-0.39, 0.29) is 5.41 Å². The maximum Gasteiger partial charge on any atom is 0.126 e. The first-order valence-electron chi connectivity index (χ1n) is 5.78. The van der Waals surface area contributed by atoms with Crippen molar-refractivity contribution in [3.8, 4) is 5.75 Å². The summed E-state index contributed by atoms with van der Waals surface area (Å²) in [5.41, 5.74) is 9.52. The summed E-state index contributed by atoms with van der Waals surface area (Å²) in [7, 11) is 1.74. The molecule has 0 spiro atoms. The van der Waals surface area contributed by atoms with Gasteiger partial charge in [-0.2, -0.15) is 0 Å². The Labute approximate surface area is 98.8 Å². The summed E-state index contributed by atoms with van der Waals surface area (Å²) < 4.78 is 5.58. The number of hydrogen-bond acceptors (Lipinski definition) is 2. The molecule has 16 heavy (non-hydrogen) atoms. The van der Waals surface area contributed by atoms with Crippen LogP contribution in [0.15, 0.2) is 12.1 Å². The fourth-order valence-electron chi connectivity index (χ4n) is 2.01. The van der Waals surface area contributed by atoms with Crippen molar-refractivity contribution in [3.05, 3.63) is 28.8 Å². The Bertz CT molecular complexity index is 364. The largest absolute Gasteiger partial charge is 0.496 e. The second kappa shape index (κ2) is 4.88. The molecule has 2 heteroatoms. The molecule has 0 aromatic heterocycles. The van der Waals surface area contributed by atoms with E-state index in [4.69, 9.17) is 10.5 Å². The Balaban J connectivity index is 3.37. The molecule has 0 unspecified atom stereocenters. The molecule has 0 fully saturated rings. The number of aryl methyl sites for hydroxylation is 1. The Morgan fingerprint density at radius 3 is 2.31 bits per heavy atom. The number of rotatable bonds is 3. The lowest BCUT2D eigenvalue weighted by atomic mass is 9.83. The highest BCUT2D eigenvalue weighted by molar-refractivity contribution is 5.49. The highest BCUT2D eigenvalue weighted by atomic mass is 16.5. The first-order chi connectivity index (χ1) is 7.41. The normalized spacial score (nSPS) is 11.6. The Kier molecular flexibility index (Phi) is 3.98. The van der Waals surface area contributed by atoms with Crippen molar-refractivity contribution < 1.29 is 4.74 Å². The van der Waals surface area contributed by atoms with E-state index in [9.17, 15) is 0 Å². The highest BCUT2D eigenvalue weighted by Crippen LogP contribution is 2.35. The minimum atomic E-state index is 0.0996. The average Bonchev–Trinajstić information content (AvgIpc) is 2.19. The molecule has 0 aliphatic heterocycles. The van der Waals surface area contributed by atoms with Crippen LogP contribution in [0.1, 0.15) is 37.5 Å². The van der Waals surface area contributed by atoms with Gasteiger partial charge in [-0.3, -0.25) is 0 Å². The Hall–Kier alpha value is -1.02. The van der Waals surface area contributed by atoms with Crippen LogP contribution in [0.2, 0.25) is 0 Å². The van der Waals surface area contributed by atoms with Crippen molar-refractivity contribution in [2.75, 3.05) is 13.7 Å². The van der Waals surface area contributed by atoms with Crippen molar-refractivity contribution in [1.29, 1.82) is 0 Å². The molecule has 0 amide bonds. The molecule has 0 atom stereocenters. The van der Waals surface area contributed by atoms with Gasteiger partial charge in [0.05, 0.1) is 7.11 Å². The third-order valence-corrected chi connectivity index (χ3v) is 2.90. The number of ether oxygens (including phenoxy) is 1. The van der Waals surface area contributed by atoms with Crippen LogP contribution in [-0.2, 0) is 11.8 Å². The highest BCUT2D eigenvalue weighted by Gasteiger charge is 2.21. The topological polar surface area (TPSA) is 35.2 Å². The second-order valence-corrected chi connectivity index (χ2v) is 5.23. The van der Waals surface area contributed by atoms with Crippen LogP contribution in [0, 0.1) is 6.92 Å². The summed E-state index contributed by atoms with van der Waals surface area (Å²) >= 11 is 0. The average molecular weight is 221 g/mol. The van der Waals surface area contributed by atoms with E-state index in [0.29, 0.717) is 6.54 Å². The summed E-state index contributed by atoms with van der Waals surface area (Å²) in [5, 5.41) is 0. The molecule has 0 saturated heterocycles. The fourth-order valence-corrected chi connectivity index (χ4v) is 2.01. The SMILES string of the molecule is COc1c(C(C)(C)C)ccc(C)c1CCN. The van der Waals surface area contributed by atoms with Crippen LogP contribution in [0.4, 0.5) is 0 Å². The van der Waals surface area contributed by atoms with Gasteiger partial charge in [-0.05, 0) is 42.0 Å². The van der Waals surface area contributed by atoms with Crippen molar-refractivity contribution in [1.82, 2.24) is 0 Å². The first-order valence-corrected chi connectivity index (χ1v) is 5.78. The molecule has 1 rings (SSSR count). The van der Waals surface area contributed by atoms with Crippen LogP contribution >= 0.6 is 0 Å². The minimum Gasteiger partial charge on any atom is -0.496 e. The van der Waals surface area contributed by atoms with Crippen LogP contribution in [0.3, 0.4) is 0 Å². The summed E-state index contributed by atoms with van der Waals surface area (Å²) in [6.07, 6.45) is 0.874. The van der Waals surface area contributed by atoms with Gasteiger partial charge in [-0.15, -0.1) is 0 Å². The van der Waals surface area contributed by atoms with Gasteiger partial charge in [0.2, 0.25) is 0 Å². The van der Waals surface area contributed by atoms with Gasteiger partial charge in [-0.1, -0.05) is 32.9 Å². The van der Waals surface area contributed by atoms with Crippen molar-refractivity contribution in [2.45, 2.75) is 39.5 Å². The van der Waals surface area contributed by atoms with Gasteiger partial charge in [0.1, 0.15) is 5.75 Å². The predicted octanol–water partition coefficient (Wildman–Crippen LogP) is 2.80. The zero-order valence-corrected chi connectivity index (χ0v) is 11.1. The molecule has 2 N–H and O–H groups in total. The maximum atomic E-state index is 5.66. The molecule has 0 aliphatic rings. The van der Waals surface area contributed by atoms with E-state index in [0.717, 1.165) is 12.2 Å². The molecule has 2 nitrogen and oxygen atoms in total. The Morgan fingerprint density at radius 1 is 1.25 bits per heavy atom. The summed E-state index contributed by atoms with van der Waals surface area (Å²) in [6.45, 7) is 9.37. The van der Waals surface area contributed by atoms with Crippen LogP contribution in [-0.4, -0.2) is 13.7 Å². The molecule has 90 valence electrons. The zero-order valence-electron chi connectivity index (χ0n) is 11.1. The standard InChI is InChI=1S/C14H23NO/c1-10-6-7-12(14(2,3)4)13(16-5)11(10)8-9-15/h6-7H,8-9,15H2,1-5H3. The molecular weight excluding hydrogens is 198 g/mol. The third-order valence-electron chi connectivity index (χ3n) is 2.90. The van der Waals surface area contributed by atoms with Gasteiger partial charge in [-0.25, -0.2) is 0 Å². The van der Waals surface area contributed by atoms with Gasteiger partial charge in [0.15, 0.2) is 0 Å². The molecular formula is C14H23NO. The molecule has 1 aromatic carbocycles. The predicted molar refractivity (Wildman–Crippen MR) is 69.2 cm³/mol. The van der Waals surface area contributed by atoms with E-state index >= 15 is 0 Å². The smallest absolute Gasteiger partial charge is 0.126 e. The fraction of sp³-hybridized carbons (Fsp3) is 0.571. The van der Waals surface area contributed by atoms with Gasteiger partial charge in [0.25, 0.3) is 0 Å². The van der Waals surface area contributed by atoms with Crippen molar-refractivity contribution in [3.63, 3.8) is 0 Å². The zero-order chi connectivity index (χ0) is 12.3. The van der Waals surface area contributed by atoms with Crippen LogP contribution in [0.5, 0.6) is 5.75 Å². The molecule has 0 heterocycles. The van der Waals surface area contributed by atoms with E-state index < -0.39 is 0 Å². The number of hydrogen-bond donors (Lipinski definition) is 1. The van der Waals surface area contributed by atoms with Crippen LogP contribution in [0.25, 0.3) is 0 Å². The van der Waals surface area contributed by atoms with Gasteiger partial charge < -0.3 is 10.5 Å². The first kappa shape index (κ1) is 13.0. The monoisotopic (exact) mass is 221 g/mol. The number of methoxy groups -OCH3 is 1. The van der Waals surface area contributed by atoms with Crippen LogP contribution < -0.4 is 10.5 Å². The third kappa shape index (κ3) is 2.56. The summed E-state index contributed by atoms with van der Waals surface area (Å²) in [4.78, 5) is 0. The molecule has 0 saturated carbocycles. The maximum absolute atomic E-state index is 5.66. The van der Waals surface area contributed by atoms with E-state index in [1.54, 1.807) is 7.11 Å². The lowest BCUT2D eigenvalue weighted by molar-refractivity contribution is 0.392. The lowest BCUT2D eigenvalue weighted by Crippen LogP contribution is -2.15. The van der Waals surface area contributed by atoms with Gasteiger partial charge >= 0.3 is 0 Å². The van der Waals surface area contributed by atoms with E-state index in [1.807, 2.05) is 0 Å². The quantitative estimate of drug-likeness (QED) is 0.852. The summed E-state index contributed by atoms with van der Waals surface area (Å²) in [6, 6.07) is 4.32. The van der Waals surface area contributed by atoms with E-state index in [2.05, 4.69) is 39.8 Å². The minimum absolute atomic E-state index is 0.0996. The van der Waals surface area contributed by atoms with Crippen molar-refractivity contribution >= 4 is 0 Å². The molecule has 0 aliphatic carbocycles. The second-order valence-electron chi connectivity index (χ2n) is 5.23. The van der Waals surface area contributed by atoms with Crippen molar-refractivity contribution in [2.24, 2.45) is 5.73 Å². The van der Waals surface area contributed by atoms with Gasteiger partial charge in [0, 0.05) is 0 Å².